The van der Waals surface area contributed by atoms with Gasteiger partial charge in [0, 0.05) is 34.8 Å². The molecule has 1 aromatic carbocycles. The van der Waals surface area contributed by atoms with Crippen LogP contribution in [0.4, 0.5) is 17.6 Å². The number of benzene rings is 1. The first-order chi connectivity index (χ1) is 17.5. The van der Waals surface area contributed by atoms with Crippen molar-refractivity contribution < 1.29 is 41.7 Å². The quantitative estimate of drug-likeness (QED) is 0.407. The third-order valence-corrected chi connectivity index (χ3v) is 6.85. The smallest absolute Gasteiger partial charge is 0.434 e. The van der Waals surface area contributed by atoms with Gasteiger partial charge in [0.1, 0.15) is 17.9 Å². The lowest BCUT2D eigenvalue weighted by Crippen LogP contribution is -2.52. The van der Waals surface area contributed by atoms with Crippen LogP contribution in [0.15, 0.2) is 39.8 Å². The number of esters is 1. The minimum Gasteiger partial charge on any atom is -0.480 e. The predicted molar refractivity (Wildman–Crippen MR) is 124 cm³/mol. The highest BCUT2D eigenvalue weighted by molar-refractivity contribution is 7.11. The maximum absolute atomic E-state index is 13.8. The highest BCUT2D eigenvalue weighted by Gasteiger charge is 2.38. The van der Waals surface area contributed by atoms with Gasteiger partial charge < -0.3 is 19.9 Å². The number of thiazole rings is 1. The lowest BCUT2D eigenvalue weighted by molar-refractivity contribution is -0.149. The number of alkyl halides is 3. The number of aliphatic imine (C=N–C) groups is 1. The first kappa shape index (κ1) is 27.0. The number of hydrogen-bond donors (Lipinski definition) is 2. The zero-order valence-corrected chi connectivity index (χ0v) is 20.6. The summed E-state index contributed by atoms with van der Waals surface area (Å²) in [6.45, 7) is 0.170. The molecule has 0 aliphatic carbocycles. The average Bonchev–Trinajstić information content (AvgIpc) is 3.35. The fraction of sp³-hybridized carbons (Fsp3) is 0.364. The molecule has 0 radical (unpaired) electrons. The molecule has 0 amide bonds. The lowest BCUT2D eigenvalue weighted by atomic mass is 9.95. The Labute approximate surface area is 216 Å². The number of carboxylic acid groups (broad SMARTS) is 1. The van der Waals surface area contributed by atoms with E-state index >= 15 is 0 Å². The number of carbonyl (C=O) groups is 2. The zero-order valence-electron chi connectivity index (χ0n) is 19.0. The monoisotopic (exact) mass is 562 g/mol. The number of methoxy groups -OCH3 is 1. The summed E-state index contributed by atoms with van der Waals surface area (Å²) in [6, 6.07) is 1.15. The highest BCUT2D eigenvalue weighted by atomic mass is 35.5. The molecule has 2 aromatic rings. The first-order valence-electron chi connectivity index (χ1n) is 10.7. The van der Waals surface area contributed by atoms with Crippen molar-refractivity contribution in [1.82, 2.24) is 15.2 Å². The number of amidine groups is 1. The summed E-state index contributed by atoms with van der Waals surface area (Å²) in [5, 5.41) is 13.1. The summed E-state index contributed by atoms with van der Waals surface area (Å²) in [7, 11) is 1.13. The number of ether oxygens (including phenoxy) is 2. The first-order valence-corrected chi connectivity index (χ1v) is 11.9. The Morgan fingerprint density at radius 1 is 1.38 bits per heavy atom. The molecule has 3 heterocycles. The van der Waals surface area contributed by atoms with Crippen molar-refractivity contribution in [3.05, 3.63) is 62.0 Å². The van der Waals surface area contributed by atoms with Crippen molar-refractivity contribution in [3.63, 3.8) is 0 Å². The molecule has 198 valence electrons. The molecule has 1 aromatic heterocycles. The molecule has 1 fully saturated rings. The third kappa shape index (κ3) is 5.76. The van der Waals surface area contributed by atoms with E-state index in [4.69, 9.17) is 21.1 Å². The number of halogens is 5. The van der Waals surface area contributed by atoms with Crippen LogP contribution in [0, 0.1) is 5.82 Å². The van der Waals surface area contributed by atoms with E-state index in [1.807, 2.05) is 0 Å². The SMILES string of the molecule is COC(=O)C1=C(CN2CCOC[C@H]2C(=O)O)NC(c2nc(C(F)(F)F)cs2)=N[C@H]1c1ccc(F)cc1Cl. The van der Waals surface area contributed by atoms with Crippen molar-refractivity contribution in [2.75, 3.05) is 33.4 Å². The molecule has 9 nitrogen and oxygen atoms in total. The number of morpholine rings is 1. The van der Waals surface area contributed by atoms with Crippen molar-refractivity contribution in [2.45, 2.75) is 18.3 Å². The van der Waals surface area contributed by atoms with E-state index in [2.05, 4.69) is 15.3 Å². The van der Waals surface area contributed by atoms with Crippen LogP contribution in [0.1, 0.15) is 22.3 Å². The van der Waals surface area contributed by atoms with Crippen LogP contribution in [0.5, 0.6) is 0 Å². The molecule has 0 spiro atoms. The van der Waals surface area contributed by atoms with Crippen LogP contribution in [-0.2, 0) is 25.2 Å². The Hall–Kier alpha value is -3.07. The van der Waals surface area contributed by atoms with Gasteiger partial charge in [0.25, 0.3) is 0 Å². The van der Waals surface area contributed by atoms with E-state index in [9.17, 15) is 32.3 Å². The summed E-state index contributed by atoms with van der Waals surface area (Å²) in [6.07, 6.45) is -4.69. The highest BCUT2D eigenvalue weighted by Crippen LogP contribution is 2.38. The third-order valence-electron chi connectivity index (χ3n) is 5.67. The Balaban J connectivity index is 1.84. The molecule has 15 heteroatoms. The van der Waals surface area contributed by atoms with Crippen LogP contribution in [-0.4, -0.2) is 72.2 Å². The normalized spacial score (nSPS) is 20.9. The molecule has 2 N–H and O–H groups in total. The van der Waals surface area contributed by atoms with Crippen LogP contribution < -0.4 is 5.32 Å². The zero-order chi connectivity index (χ0) is 26.9. The summed E-state index contributed by atoms with van der Waals surface area (Å²) in [5.74, 6) is -2.75. The largest absolute Gasteiger partial charge is 0.480 e. The van der Waals surface area contributed by atoms with Gasteiger partial charge in [-0.15, -0.1) is 11.3 Å². The molecule has 2 atom stereocenters. The lowest BCUT2D eigenvalue weighted by Gasteiger charge is -2.35. The van der Waals surface area contributed by atoms with Gasteiger partial charge in [0.15, 0.2) is 16.5 Å². The number of nitrogens with zero attached hydrogens (tertiary/aromatic N) is 3. The van der Waals surface area contributed by atoms with E-state index in [1.165, 1.54) is 11.0 Å². The molecule has 1 saturated heterocycles. The van der Waals surface area contributed by atoms with Crippen LogP contribution in [0.3, 0.4) is 0 Å². The molecule has 2 aliphatic rings. The molecular formula is C22H19ClF4N4O5S. The van der Waals surface area contributed by atoms with Gasteiger partial charge in [0.05, 0.1) is 25.9 Å². The second-order valence-electron chi connectivity index (χ2n) is 7.99. The standard InChI is InChI=1S/C22H19ClF4N4O5S/c1-35-21(34)16-13(7-31-4-5-36-8-14(31)20(32)33)28-18(19-29-15(9-37-19)22(25,26)27)30-17(16)11-3-2-10(24)6-12(11)23/h2-3,6,9,14,17H,4-5,7-8H2,1H3,(H,28,30)(H,32,33)/t14-,17-/m0/s1. The topological polar surface area (TPSA) is 113 Å². The molecule has 0 saturated carbocycles. The maximum Gasteiger partial charge on any atom is 0.434 e. The number of aliphatic carboxylic acids is 1. The van der Waals surface area contributed by atoms with Gasteiger partial charge in [-0.25, -0.2) is 14.2 Å². The average molecular weight is 563 g/mol. The molecule has 0 bridgehead atoms. The number of nitrogens with one attached hydrogen (secondary N) is 1. The number of hydrogen-bond acceptors (Lipinski definition) is 9. The van der Waals surface area contributed by atoms with Crippen molar-refractivity contribution >= 4 is 40.7 Å². The van der Waals surface area contributed by atoms with Crippen molar-refractivity contribution in [3.8, 4) is 0 Å². The van der Waals surface area contributed by atoms with Gasteiger partial charge in [0.2, 0.25) is 0 Å². The predicted octanol–water partition coefficient (Wildman–Crippen LogP) is 3.26. The number of aromatic nitrogens is 1. The fourth-order valence-corrected chi connectivity index (χ4v) is 4.94. The summed E-state index contributed by atoms with van der Waals surface area (Å²) in [5.41, 5.74) is -0.886. The van der Waals surface area contributed by atoms with E-state index in [-0.39, 0.29) is 59.0 Å². The van der Waals surface area contributed by atoms with E-state index in [0.717, 1.165) is 24.6 Å². The van der Waals surface area contributed by atoms with Gasteiger partial charge >= 0.3 is 18.1 Å². The van der Waals surface area contributed by atoms with Gasteiger partial charge in [-0.1, -0.05) is 17.7 Å². The summed E-state index contributed by atoms with van der Waals surface area (Å²) in [4.78, 5) is 34.3. The van der Waals surface area contributed by atoms with E-state index < -0.39 is 41.7 Å². The Kier molecular flexibility index (Phi) is 7.83. The number of rotatable bonds is 6. The number of carboxylic acids is 1. The van der Waals surface area contributed by atoms with Gasteiger partial charge in [-0.2, -0.15) is 13.2 Å². The van der Waals surface area contributed by atoms with Gasteiger partial charge in [-0.05, 0) is 12.1 Å². The second-order valence-corrected chi connectivity index (χ2v) is 9.26. The Bertz CT molecular complexity index is 1280. The molecule has 0 unspecified atom stereocenters. The van der Waals surface area contributed by atoms with E-state index in [0.29, 0.717) is 11.3 Å². The Morgan fingerprint density at radius 2 is 2.14 bits per heavy atom. The Morgan fingerprint density at radius 3 is 2.76 bits per heavy atom. The van der Waals surface area contributed by atoms with E-state index in [1.54, 1.807) is 0 Å². The second kappa shape index (κ2) is 10.7. The summed E-state index contributed by atoms with van der Waals surface area (Å²) >= 11 is 6.94. The van der Waals surface area contributed by atoms with Crippen molar-refractivity contribution in [2.24, 2.45) is 4.99 Å². The van der Waals surface area contributed by atoms with Crippen LogP contribution in [0.25, 0.3) is 0 Å². The minimum absolute atomic E-state index is 0.0667. The van der Waals surface area contributed by atoms with Gasteiger partial charge in [-0.3, -0.25) is 14.7 Å². The molecular weight excluding hydrogens is 544 g/mol. The summed E-state index contributed by atoms with van der Waals surface area (Å²) < 4.78 is 63.6. The molecule has 4 rings (SSSR count). The molecule has 37 heavy (non-hydrogen) atoms. The fourth-order valence-electron chi connectivity index (χ4n) is 3.90. The van der Waals surface area contributed by atoms with Crippen molar-refractivity contribution in [1.29, 1.82) is 0 Å². The maximum atomic E-state index is 13.8. The van der Waals surface area contributed by atoms with Crippen LogP contribution in [0.2, 0.25) is 5.02 Å². The van der Waals surface area contributed by atoms with Crippen LogP contribution >= 0.6 is 22.9 Å². The number of carbonyl (C=O) groups excluding carboxylic acids is 1. The molecule has 2 aliphatic heterocycles. The minimum atomic E-state index is -4.69.